The van der Waals surface area contributed by atoms with Gasteiger partial charge in [-0.3, -0.25) is 4.21 Å². The SMILES string of the molecule is CCS(=O)CCNc1nc2c(cc1C(=O)O)CCCC2. The fraction of sp³-hybridized carbons (Fsp3) is 0.571. The summed E-state index contributed by atoms with van der Waals surface area (Å²) in [5.41, 5.74) is 2.27. The molecule has 1 heterocycles. The molecule has 1 aliphatic carbocycles. The molecular formula is C14H20N2O3S. The molecule has 2 rings (SSSR count). The molecule has 5 nitrogen and oxygen atoms in total. The summed E-state index contributed by atoms with van der Waals surface area (Å²) in [4.78, 5) is 15.8. The van der Waals surface area contributed by atoms with Gasteiger partial charge < -0.3 is 10.4 Å². The molecule has 1 aliphatic rings. The number of aromatic nitrogens is 1. The Hall–Kier alpha value is -1.43. The first kappa shape index (κ1) is 15.0. The zero-order chi connectivity index (χ0) is 14.5. The predicted octanol–water partition coefficient (Wildman–Crippen LogP) is 1.84. The van der Waals surface area contributed by atoms with Crippen LogP contribution in [0.4, 0.5) is 5.82 Å². The van der Waals surface area contributed by atoms with Crippen molar-refractivity contribution in [3.63, 3.8) is 0 Å². The smallest absolute Gasteiger partial charge is 0.339 e. The summed E-state index contributed by atoms with van der Waals surface area (Å²) in [5.74, 6) is 0.565. The Balaban J connectivity index is 2.17. The van der Waals surface area contributed by atoms with Crippen LogP contribution in [0.3, 0.4) is 0 Å². The van der Waals surface area contributed by atoms with Crippen LogP contribution < -0.4 is 5.32 Å². The van der Waals surface area contributed by atoms with Crippen molar-refractivity contribution in [3.05, 3.63) is 22.9 Å². The Morgan fingerprint density at radius 2 is 2.20 bits per heavy atom. The number of carbonyl (C=O) groups is 1. The fourth-order valence-electron chi connectivity index (χ4n) is 2.36. The Morgan fingerprint density at radius 1 is 1.45 bits per heavy atom. The summed E-state index contributed by atoms with van der Waals surface area (Å²) in [6, 6.07) is 1.74. The fourth-order valence-corrected chi connectivity index (χ4v) is 2.98. The second-order valence-corrected chi connectivity index (χ2v) is 6.73. The third-order valence-electron chi connectivity index (χ3n) is 3.48. The van der Waals surface area contributed by atoms with Gasteiger partial charge in [0.25, 0.3) is 0 Å². The molecule has 0 aromatic carbocycles. The van der Waals surface area contributed by atoms with E-state index in [9.17, 15) is 14.1 Å². The zero-order valence-corrected chi connectivity index (χ0v) is 12.5. The summed E-state index contributed by atoms with van der Waals surface area (Å²) in [6.45, 7) is 2.35. The lowest BCUT2D eigenvalue weighted by Crippen LogP contribution is -2.17. The molecule has 0 saturated carbocycles. The maximum absolute atomic E-state index is 11.4. The van der Waals surface area contributed by atoms with Crippen molar-refractivity contribution in [1.82, 2.24) is 4.98 Å². The minimum Gasteiger partial charge on any atom is -0.478 e. The van der Waals surface area contributed by atoms with Gasteiger partial charge in [0.1, 0.15) is 11.4 Å². The number of anilines is 1. The first-order chi connectivity index (χ1) is 9.61. The molecule has 1 atom stereocenters. The van der Waals surface area contributed by atoms with E-state index in [1.807, 2.05) is 6.92 Å². The number of aryl methyl sites for hydroxylation is 2. The lowest BCUT2D eigenvalue weighted by atomic mass is 9.95. The van der Waals surface area contributed by atoms with Crippen LogP contribution in [-0.4, -0.2) is 38.3 Å². The quantitative estimate of drug-likeness (QED) is 0.837. The van der Waals surface area contributed by atoms with Crippen molar-refractivity contribution in [1.29, 1.82) is 0 Å². The van der Waals surface area contributed by atoms with Crippen LogP contribution >= 0.6 is 0 Å². The van der Waals surface area contributed by atoms with Gasteiger partial charge in [-0.2, -0.15) is 0 Å². The number of hydrogen-bond donors (Lipinski definition) is 2. The standard InChI is InChI=1S/C14H20N2O3S/c1-2-20(19)8-7-15-13-11(14(17)18)9-10-5-3-4-6-12(10)16-13/h9H,2-8H2,1H3,(H,15,16)(H,17,18). The van der Waals surface area contributed by atoms with Crippen molar-refractivity contribution >= 4 is 22.6 Å². The van der Waals surface area contributed by atoms with E-state index in [1.54, 1.807) is 6.07 Å². The predicted molar refractivity (Wildman–Crippen MR) is 79.9 cm³/mol. The highest BCUT2D eigenvalue weighted by molar-refractivity contribution is 7.84. The van der Waals surface area contributed by atoms with Gasteiger partial charge in [-0.05, 0) is 37.3 Å². The molecule has 0 aliphatic heterocycles. The van der Waals surface area contributed by atoms with Gasteiger partial charge >= 0.3 is 5.97 Å². The number of fused-ring (bicyclic) bond motifs is 1. The Bertz CT molecular complexity index is 531. The van der Waals surface area contributed by atoms with Gasteiger partial charge in [0, 0.05) is 34.5 Å². The van der Waals surface area contributed by atoms with Gasteiger partial charge in [0.2, 0.25) is 0 Å². The van der Waals surface area contributed by atoms with E-state index in [-0.39, 0.29) is 5.56 Å². The topological polar surface area (TPSA) is 79.3 Å². The monoisotopic (exact) mass is 296 g/mol. The summed E-state index contributed by atoms with van der Waals surface area (Å²) in [6.07, 6.45) is 4.01. The van der Waals surface area contributed by atoms with E-state index in [0.717, 1.165) is 36.9 Å². The lowest BCUT2D eigenvalue weighted by Gasteiger charge is -2.18. The summed E-state index contributed by atoms with van der Waals surface area (Å²) in [7, 11) is -0.858. The Morgan fingerprint density at radius 3 is 2.90 bits per heavy atom. The van der Waals surface area contributed by atoms with Crippen molar-refractivity contribution in [2.75, 3.05) is 23.4 Å². The van der Waals surface area contributed by atoms with Crippen LogP contribution in [0.1, 0.15) is 41.4 Å². The third-order valence-corrected chi connectivity index (χ3v) is 4.78. The maximum atomic E-state index is 11.4. The van der Waals surface area contributed by atoms with E-state index >= 15 is 0 Å². The van der Waals surface area contributed by atoms with Gasteiger partial charge in [-0.15, -0.1) is 0 Å². The molecule has 0 amide bonds. The summed E-state index contributed by atoms with van der Waals surface area (Å²) >= 11 is 0. The minimum absolute atomic E-state index is 0.216. The zero-order valence-electron chi connectivity index (χ0n) is 11.6. The number of carboxylic acids is 1. The van der Waals surface area contributed by atoms with Crippen LogP contribution in [0.2, 0.25) is 0 Å². The van der Waals surface area contributed by atoms with Crippen molar-refractivity contribution < 1.29 is 14.1 Å². The van der Waals surface area contributed by atoms with Crippen LogP contribution in [0.5, 0.6) is 0 Å². The van der Waals surface area contributed by atoms with Crippen molar-refractivity contribution in [3.8, 4) is 0 Å². The molecule has 0 saturated heterocycles. The largest absolute Gasteiger partial charge is 0.478 e. The molecule has 0 spiro atoms. The number of carboxylic acid groups (broad SMARTS) is 1. The number of hydrogen-bond acceptors (Lipinski definition) is 4. The first-order valence-corrected chi connectivity index (χ1v) is 8.45. The minimum atomic E-state index is -0.968. The number of pyridine rings is 1. The van der Waals surface area contributed by atoms with Crippen LogP contribution in [0, 0.1) is 0 Å². The molecule has 0 bridgehead atoms. The Kier molecular flexibility index (Phi) is 5.11. The van der Waals surface area contributed by atoms with Gasteiger partial charge in [-0.25, -0.2) is 9.78 Å². The molecule has 1 aromatic rings. The molecule has 1 unspecified atom stereocenters. The second kappa shape index (κ2) is 6.83. The molecule has 110 valence electrons. The number of aromatic carboxylic acids is 1. The van der Waals surface area contributed by atoms with E-state index in [2.05, 4.69) is 10.3 Å². The molecule has 0 radical (unpaired) electrons. The van der Waals surface area contributed by atoms with Gasteiger partial charge in [0.15, 0.2) is 0 Å². The third kappa shape index (κ3) is 3.56. The Labute approximate surface area is 121 Å². The molecule has 2 N–H and O–H groups in total. The van der Waals surface area contributed by atoms with E-state index in [1.165, 1.54) is 0 Å². The highest BCUT2D eigenvalue weighted by Gasteiger charge is 2.18. The summed E-state index contributed by atoms with van der Waals surface area (Å²) < 4.78 is 11.4. The van der Waals surface area contributed by atoms with E-state index in [4.69, 9.17) is 0 Å². The van der Waals surface area contributed by atoms with Crippen molar-refractivity contribution in [2.24, 2.45) is 0 Å². The van der Waals surface area contributed by atoms with E-state index < -0.39 is 16.8 Å². The average Bonchev–Trinajstić information content (AvgIpc) is 2.46. The van der Waals surface area contributed by atoms with Crippen molar-refractivity contribution in [2.45, 2.75) is 32.6 Å². The molecule has 0 fully saturated rings. The number of nitrogens with one attached hydrogen (secondary N) is 1. The van der Waals surface area contributed by atoms with E-state index in [0.29, 0.717) is 23.9 Å². The lowest BCUT2D eigenvalue weighted by molar-refractivity contribution is 0.0697. The maximum Gasteiger partial charge on any atom is 0.339 e. The molecule has 20 heavy (non-hydrogen) atoms. The summed E-state index contributed by atoms with van der Waals surface area (Å²) in [5, 5.41) is 12.3. The molecular weight excluding hydrogens is 276 g/mol. The highest BCUT2D eigenvalue weighted by Crippen LogP contribution is 2.24. The molecule has 1 aromatic heterocycles. The first-order valence-electron chi connectivity index (χ1n) is 6.96. The highest BCUT2D eigenvalue weighted by atomic mass is 32.2. The van der Waals surface area contributed by atoms with Crippen LogP contribution in [0.15, 0.2) is 6.07 Å². The normalized spacial score (nSPS) is 15.4. The number of nitrogens with zero attached hydrogens (tertiary/aromatic N) is 1. The molecule has 6 heteroatoms. The van der Waals surface area contributed by atoms with Gasteiger partial charge in [-0.1, -0.05) is 6.92 Å². The second-order valence-electron chi connectivity index (χ2n) is 4.86. The average molecular weight is 296 g/mol. The van der Waals surface area contributed by atoms with Crippen LogP contribution in [-0.2, 0) is 23.6 Å². The van der Waals surface area contributed by atoms with Gasteiger partial charge in [0.05, 0.1) is 0 Å². The number of rotatable bonds is 6. The van der Waals surface area contributed by atoms with Crippen LogP contribution in [0.25, 0.3) is 0 Å².